The summed E-state index contributed by atoms with van der Waals surface area (Å²) in [6.07, 6.45) is 1.14. The zero-order valence-corrected chi connectivity index (χ0v) is 9.76. The molecule has 1 N–H and O–H groups in total. The summed E-state index contributed by atoms with van der Waals surface area (Å²) in [5.74, 6) is 0.498. The van der Waals surface area contributed by atoms with E-state index in [1.54, 1.807) is 6.07 Å². The molecule has 0 radical (unpaired) electrons. The summed E-state index contributed by atoms with van der Waals surface area (Å²) in [5.41, 5.74) is 0.743. The van der Waals surface area contributed by atoms with Crippen molar-refractivity contribution >= 4 is 0 Å². The van der Waals surface area contributed by atoms with E-state index < -0.39 is 0 Å². The standard InChI is InChI=1S/C13H20FN/c1-4-10(2)11(3)15-9-12-7-5-6-8-13(12)14/h5-8,10-11,15H,4,9H2,1-3H3. The Morgan fingerprint density at radius 1 is 1.27 bits per heavy atom. The molecule has 15 heavy (non-hydrogen) atoms. The zero-order valence-electron chi connectivity index (χ0n) is 9.76. The van der Waals surface area contributed by atoms with Crippen LogP contribution in [0.4, 0.5) is 4.39 Å². The van der Waals surface area contributed by atoms with Crippen LogP contribution < -0.4 is 5.32 Å². The first-order chi connectivity index (χ1) is 7.15. The van der Waals surface area contributed by atoms with E-state index in [1.165, 1.54) is 6.07 Å². The van der Waals surface area contributed by atoms with E-state index in [1.807, 2.05) is 12.1 Å². The van der Waals surface area contributed by atoms with Crippen molar-refractivity contribution in [3.8, 4) is 0 Å². The van der Waals surface area contributed by atoms with Gasteiger partial charge < -0.3 is 5.32 Å². The van der Waals surface area contributed by atoms with Gasteiger partial charge in [0.05, 0.1) is 0 Å². The SMILES string of the molecule is CCC(C)C(C)NCc1ccccc1F. The van der Waals surface area contributed by atoms with Crippen molar-refractivity contribution in [2.45, 2.75) is 39.8 Å². The second-order valence-electron chi connectivity index (χ2n) is 4.15. The van der Waals surface area contributed by atoms with Crippen LogP contribution in [-0.2, 0) is 6.54 Å². The third-order valence-corrected chi connectivity index (χ3v) is 3.07. The molecule has 1 nitrogen and oxygen atoms in total. The molecule has 0 aliphatic heterocycles. The molecule has 0 aliphatic rings. The normalized spacial score (nSPS) is 14.9. The van der Waals surface area contributed by atoms with Crippen molar-refractivity contribution in [1.82, 2.24) is 5.32 Å². The van der Waals surface area contributed by atoms with Crippen LogP contribution in [0.15, 0.2) is 24.3 Å². The molecule has 0 saturated carbocycles. The predicted molar refractivity (Wildman–Crippen MR) is 62.2 cm³/mol. The molecule has 0 spiro atoms. The Morgan fingerprint density at radius 3 is 2.53 bits per heavy atom. The lowest BCUT2D eigenvalue weighted by atomic mass is 10.0. The van der Waals surface area contributed by atoms with E-state index in [0.29, 0.717) is 18.5 Å². The summed E-state index contributed by atoms with van der Waals surface area (Å²) in [7, 11) is 0. The van der Waals surface area contributed by atoms with E-state index in [0.717, 1.165) is 12.0 Å². The smallest absolute Gasteiger partial charge is 0.127 e. The number of hydrogen-bond donors (Lipinski definition) is 1. The molecule has 0 bridgehead atoms. The summed E-state index contributed by atoms with van der Waals surface area (Å²) in [6.45, 7) is 7.14. The van der Waals surface area contributed by atoms with Crippen LogP contribution in [0.2, 0.25) is 0 Å². The molecule has 0 heterocycles. The van der Waals surface area contributed by atoms with Crippen LogP contribution in [0.25, 0.3) is 0 Å². The molecule has 1 rings (SSSR count). The van der Waals surface area contributed by atoms with Gasteiger partial charge in [-0.25, -0.2) is 4.39 Å². The molecule has 0 amide bonds. The van der Waals surface area contributed by atoms with E-state index >= 15 is 0 Å². The topological polar surface area (TPSA) is 12.0 Å². The van der Waals surface area contributed by atoms with Crippen LogP contribution in [0.5, 0.6) is 0 Å². The first-order valence-electron chi connectivity index (χ1n) is 5.62. The lowest BCUT2D eigenvalue weighted by molar-refractivity contribution is 0.386. The lowest BCUT2D eigenvalue weighted by Gasteiger charge is -2.20. The van der Waals surface area contributed by atoms with Crippen LogP contribution in [0.3, 0.4) is 0 Å². The first-order valence-corrected chi connectivity index (χ1v) is 5.62. The van der Waals surface area contributed by atoms with Crippen molar-refractivity contribution in [2.24, 2.45) is 5.92 Å². The highest BCUT2D eigenvalue weighted by Crippen LogP contribution is 2.10. The van der Waals surface area contributed by atoms with Gasteiger partial charge in [-0.1, -0.05) is 38.5 Å². The van der Waals surface area contributed by atoms with E-state index in [4.69, 9.17) is 0 Å². The van der Waals surface area contributed by atoms with E-state index in [2.05, 4.69) is 26.1 Å². The van der Waals surface area contributed by atoms with Crippen molar-refractivity contribution in [3.63, 3.8) is 0 Å². The number of nitrogens with one attached hydrogen (secondary N) is 1. The highest BCUT2D eigenvalue weighted by molar-refractivity contribution is 5.16. The molecule has 0 saturated heterocycles. The minimum Gasteiger partial charge on any atom is -0.310 e. The van der Waals surface area contributed by atoms with Gasteiger partial charge in [-0.05, 0) is 18.9 Å². The molecule has 0 aromatic heterocycles. The highest BCUT2D eigenvalue weighted by Gasteiger charge is 2.09. The van der Waals surface area contributed by atoms with Crippen molar-refractivity contribution in [3.05, 3.63) is 35.6 Å². The Kier molecular flexibility index (Phi) is 4.76. The monoisotopic (exact) mass is 209 g/mol. The molecule has 1 aromatic rings. The number of hydrogen-bond acceptors (Lipinski definition) is 1. The molecule has 0 fully saturated rings. The molecule has 2 unspecified atom stereocenters. The highest BCUT2D eigenvalue weighted by atomic mass is 19.1. The van der Waals surface area contributed by atoms with E-state index in [-0.39, 0.29) is 5.82 Å². The third-order valence-electron chi connectivity index (χ3n) is 3.07. The Hall–Kier alpha value is -0.890. The van der Waals surface area contributed by atoms with Gasteiger partial charge in [-0.15, -0.1) is 0 Å². The summed E-state index contributed by atoms with van der Waals surface area (Å²) >= 11 is 0. The Balaban J connectivity index is 2.47. The minimum atomic E-state index is -0.124. The van der Waals surface area contributed by atoms with Gasteiger partial charge in [0.2, 0.25) is 0 Å². The average Bonchev–Trinajstić information content (AvgIpc) is 2.26. The lowest BCUT2D eigenvalue weighted by Crippen LogP contribution is -2.31. The Bertz CT molecular complexity index is 298. The predicted octanol–water partition coefficient (Wildman–Crippen LogP) is 3.35. The first kappa shape index (κ1) is 12.2. The van der Waals surface area contributed by atoms with Gasteiger partial charge >= 0.3 is 0 Å². The van der Waals surface area contributed by atoms with Gasteiger partial charge in [0.1, 0.15) is 5.82 Å². The second-order valence-corrected chi connectivity index (χ2v) is 4.15. The summed E-state index contributed by atoms with van der Waals surface area (Å²) in [5, 5.41) is 3.35. The minimum absolute atomic E-state index is 0.124. The maximum Gasteiger partial charge on any atom is 0.127 e. The fourth-order valence-corrected chi connectivity index (χ4v) is 1.47. The molecule has 2 heteroatoms. The number of rotatable bonds is 5. The molecule has 1 aromatic carbocycles. The maximum absolute atomic E-state index is 13.3. The summed E-state index contributed by atoms with van der Waals surface area (Å²) in [4.78, 5) is 0. The van der Waals surface area contributed by atoms with Crippen LogP contribution in [-0.4, -0.2) is 6.04 Å². The Labute approximate surface area is 91.7 Å². The van der Waals surface area contributed by atoms with Gasteiger partial charge in [0.15, 0.2) is 0 Å². The molecular weight excluding hydrogens is 189 g/mol. The Morgan fingerprint density at radius 2 is 1.93 bits per heavy atom. The second kappa shape index (κ2) is 5.86. The molecule has 2 atom stereocenters. The van der Waals surface area contributed by atoms with Crippen LogP contribution >= 0.6 is 0 Å². The maximum atomic E-state index is 13.3. The average molecular weight is 209 g/mol. The van der Waals surface area contributed by atoms with Crippen molar-refractivity contribution < 1.29 is 4.39 Å². The molecular formula is C13H20FN. The van der Waals surface area contributed by atoms with Crippen molar-refractivity contribution in [1.29, 1.82) is 0 Å². The van der Waals surface area contributed by atoms with E-state index in [9.17, 15) is 4.39 Å². The number of halogens is 1. The fraction of sp³-hybridized carbons (Fsp3) is 0.538. The zero-order chi connectivity index (χ0) is 11.3. The van der Waals surface area contributed by atoms with Crippen LogP contribution in [0.1, 0.15) is 32.8 Å². The fourth-order valence-electron chi connectivity index (χ4n) is 1.47. The molecule has 84 valence electrons. The summed E-state index contributed by atoms with van der Waals surface area (Å²) in [6, 6.07) is 7.34. The number of benzene rings is 1. The van der Waals surface area contributed by atoms with Gasteiger partial charge in [-0.3, -0.25) is 0 Å². The third kappa shape index (κ3) is 3.63. The largest absolute Gasteiger partial charge is 0.310 e. The van der Waals surface area contributed by atoms with Gasteiger partial charge in [-0.2, -0.15) is 0 Å². The van der Waals surface area contributed by atoms with Crippen LogP contribution in [0, 0.1) is 11.7 Å². The summed E-state index contributed by atoms with van der Waals surface area (Å²) < 4.78 is 13.3. The van der Waals surface area contributed by atoms with Crippen molar-refractivity contribution in [2.75, 3.05) is 0 Å². The van der Waals surface area contributed by atoms with Gasteiger partial charge in [0, 0.05) is 18.2 Å². The van der Waals surface area contributed by atoms with Gasteiger partial charge in [0.25, 0.3) is 0 Å². The quantitative estimate of drug-likeness (QED) is 0.784. The molecule has 0 aliphatic carbocycles.